The van der Waals surface area contributed by atoms with Gasteiger partial charge in [0.15, 0.2) is 0 Å². The molecule has 0 aliphatic heterocycles. The van der Waals surface area contributed by atoms with E-state index in [0.717, 1.165) is 27.9 Å². The molecule has 9 heteroatoms. The first-order valence-corrected chi connectivity index (χ1v) is 8.05. The van der Waals surface area contributed by atoms with Gasteiger partial charge in [-0.2, -0.15) is 5.10 Å². The van der Waals surface area contributed by atoms with E-state index >= 15 is 0 Å². The minimum absolute atomic E-state index is 0.106. The van der Waals surface area contributed by atoms with Crippen LogP contribution in [0.25, 0.3) is 22.3 Å². The molecule has 130 valence electrons. The minimum atomic E-state index is -0.624. The van der Waals surface area contributed by atoms with Crippen molar-refractivity contribution in [1.29, 1.82) is 0 Å². The Kier molecular flexibility index (Phi) is 3.20. The number of carbonyl (C=O) groups excluding carboxylic acids is 1. The summed E-state index contributed by atoms with van der Waals surface area (Å²) in [5.41, 5.74) is 13.0. The number of carbonyl (C=O) groups is 1. The van der Waals surface area contributed by atoms with E-state index in [9.17, 15) is 4.79 Å². The Morgan fingerprint density at radius 2 is 1.59 bits per heavy atom. The highest BCUT2D eigenvalue weighted by atomic mass is 16.6. The van der Waals surface area contributed by atoms with E-state index in [2.05, 4.69) is 25.5 Å². The molecule has 0 saturated heterocycles. The third-order valence-electron chi connectivity index (χ3n) is 4.23. The number of amides is 1. The summed E-state index contributed by atoms with van der Waals surface area (Å²) in [4.78, 5) is 21.6. The van der Waals surface area contributed by atoms with Crippen molar-refractivity contribution in [2.75, 3.05) is 5.73 Å². The van der Waals surface area contributed by atoms with E-state index in [-0.39, 0.29) is 11.5 Å². The average molecular weight is 357 g/mol. The molecule has 0 saturated carbocycles. The predicted molar refractivity (Wildman–Crippen MR) is 96.8 cm³/mol. The lowest BCUT2D eigenvalue weighted by molar-refractivity contribution is 0.0945. The van der Waals surface area contributed by atoms with E-state index in [1.165, 1.54) is 0 Å². The Bertz CT molecular complexity index is 1250. The number of hydrogen-bond acceptors (Lipinski definition) is 8. The second kappa shape index (κ2) is 5.70. The van der Waals surface area contributed by atoms with Crippen LogP contribution in [0.5, 0.6) is 0 Å². The Labute approximate surface area is 151 Å². The minimum Gasteiger partial charge on any atom is -0.379 e. The van der Waals surface area contributed by atoms with Crippen molar-refractivity contribution < 1.29 is 9.42 Å². The topological polar surface area (TPSA) is 132 Å². The van der Waals surface area contributed by atoms with Crippen molar-refractivity contribution in [3.05, 3.63) is 65.5 Å². The van der Waals surface area contributed by atoms with Crippen LogP contribution in [0.2, 0.25) is 0 Å². The zero-order valence-electron chi connectivity index (χ0n) is 13.7. The Hall–Kier alpha value is -4.14. The molecule has 1 aliphatic carbocycles. The number of nitrogens with two attached hydrogens (primary N) is 1. The monoisotopic (exact) mass is 357 g/mol. The molecule has 2 aromatic heterocycles. The van der Waals surface area contributed by atoms with E-state index in [0.29, 0.717) is 11.4 Å². The van der Waals surface area contributed by atoms with Gasteiger partial charge in [-0.15, -0.1) is 0 Å². The molecule has 1 aliphatic rings. The lowest BCUT2D eigenvalue weighted by Gasteiger charge is -2.03. The smallest absolute Gasteiger partial charge is 0.297 e. The molecule has 27 heavy (non-hydrogen) atoms. The van der Waals surface area contributed by atoms with Gasteiger partial charge in [-0.3, -0.25) is 4.79 Å². The SMILES string of the molecule is Nc1nonc1C(=O)N/N=C1/c2ccccc2-c2nc3ccccc3nc21. The third-order valence-corrected chi connectivity index (χ3v) is 4.23. The van der Waals surface area contributed by atoms with Gasteiger partial charge in [0.1, 0.15) is 11.4 Å². The molecule has 0 unspecified atom stereocenters. The van der Waals surface area contributed by atoms with Gasteiger partial charge in [0.25, 0.3) is 5.91 Å². The van der Waals surface area contributed by atoms with Gasteiger partial charge in [-0.1, -0.05) is 36.4 Å². The summed E-state index contributed by atoms with van der Waals surface area (Å²) in [6, 6.07) is 15.2. The molecular weight excluding hydrogens is 346 g/mol. The number of aromatic nitrogens is 4. The summed E-state index contributed by atoms with van der Waals surface area (Å²) in [6.45, 7) is 0. The third kappa shape index (κ3) is 2.33. The van der Waals surface area contributed by atoms with E-state index < -0.39 is 5.91 Å². The van der Waals surface area contributed by atoms with Crippen molar-refractivity contribution in [2.45, 2.75) is 0 Å². The van der Waals surface area contributed by atoms with Gasteiger partial charge >= 0.3 is 0 Å². The number of anilines is 1. The molecule has 0 radical (unpaired) electrons. The molecule has 4 aromatic rings. The molecule has 2 aromatic carbocycles. The zero-order valence-corrected chi connectivity index (χ0v) is 13.7. The quantitative estimate of drug-likeness (QED) is 0.460. The zero-order chi connectivity index (χ0) is 18.4. The molecule has 0 spiro atoms. The maximum Gasteiger partial charge on any atom is 0.297 e. The highest BCUT2D eigenvalue weighted by Crippen LogP contribution is 2.35. The van der Waals surface area contributed by atoms with Crippen LogP contribution < -0.4 is 11.2 Å². The molecule has 5 rings (SSSR count). The lowest BCUT2D eigenvalue weighted by Crippen LogP contribution is -2.21. The summed E-state index contributed by atoms with van der Waals surface area (Å²) in [6.07, 6.45) is 0. The normalized spacial score (nSPS) is 13.6. The summed E-state index contributed by atoms with van der Waals surface area (Å²) < 4.78 is 4.44. The number of hydrogen-bond donors (Lipinski definition) is 2. The molecule has 3 N–H and O–H groups in total. The van der Waals surface area contributed by atoms with Gasteiger partial charge in [-0.25, -0.2) is 20.0 Å². The maximum absolute atomic E-state index is 12.2. The fourth-order valence-corrected chi connectivity index (χ4v) is 3.00. The number of para-hydroxylation sites is 2. The number of nitrogens with zero attached hydrogens (tertiary/aromatic N) is 5. The largest absolute Gasteiger partial charge is 0.379 e. The molecule has 1 amide bonds. The first-order chi connectivity index (χ1) is 13.2. The molecule has 0 bridgehead atoms. The summed E-state index contributed by atoms with van der Waals surface area (Å²) >= 11 is 0. The van der Waals surface area contributed by atoms with E-state index in [1.54, 1.807) is 0 Å². The number of hydrazone groups is 1. The fraction of sp³-hybridized carbons (Fsp3) is 0. The van der Waals surface area contributed by atoms with Gasteiger partial charge in [0.05, 0.1) is 16.7 Å². The number of rotatable bonds is 2. The highest BCUT2D eigenvalue weighted by Gasteiger charge is 2.29. The Morgan fingerprint density at radius 3 is 2.30 bits per heavy atom. The molecule has 2 heterocycles. The van der Waals surface area contributed by atoms with Crippen LogP contribution in [0, 0.1) is 0 Å². The second-order valence-electron chi connectivity index (χ2n) is 5.85. The highest BCUT2D eigenvalue weighted by molar-refractivity contribution is 6.23. The van der Waals surface area contributed by atoms with Gasteiger partial charge in [-0.05, 0) is 22.4 Å². The second-order valence-corrected chi connectivity index (χ2v) is 5.85. The van der Waals surface area contributed by atoms with Gasteiger partial charge < -0.3 is 5.73 Å². The van der Waals surface area contributed by atoms with Crippen molar-refractivity contribution >= 4 is 28.5 Å². The van der Waals surface area contributed by atoms with Crippen molar-refractivity contribution in [2.24, 2.45) is 5.10 Å². The number of nitrogens with one attached hydrogen (secondary N) is 1. The first-order valence-electron chi connectivity index (χ1n) is 8.05. The van der Waals surface area contributed by atoms with Crippen LogP contribution in [0.4, 0.5) is 5.82 Å². The first kappa shape index (κ1) is 15.1. The lowest BCUT2D eigenvalue weighted by atomic mass is 10.1. The van der Waals surface area contributed by atoms with Crippen LogP contribution in [-0.4, -0.2) is 31.9 Å². The van der Waals surface area contributed by atoms with Crippen molar-refractivity contribution in [3.63, 3.8) is 0 Å². The van der Waals surface area contributed by atoms with Gasteiger partial charge in [0.2, 0.25) is 11.5 Å². The summed E-state index contributed by atoms with van der Waals surface area (Å²) in [5.74, 6) is -0.730. The summed E-state index contributed by atoms with van der Waals surface area (Å²) in [7, 11) is 0. The van der Waals surface area contributed by atoms with Crippen LogP contribution in [0.15, 0.2) is 58.3 Å². The van der Waals surface area contributed by atoms with Crippen LogP contribution >= 0.6 is 0 Å². The van der Waals surface area contributed by atoms with Gasteiger partial charge in [0, 0.05) is 11.1 Å². The number of benzene rings is 2. The van der Waals surface area contributed by atoms with E-state index in [1.807, 2.05) is 48.5 Å². The molecular formula is C18H11N7O2. The van der Waals surface area contributed by atoms with Crippen LogP contribution in [0.1, 0.15) is 21.7 Å². The predicted octanol–water partition coefficient (Wildman–Crippen LogP) is 1.76. The average Bonchev–Trinajstić information content (AvgIpc) is 3.26. The Balaban J connectivity index is 1.63. The van der Waals surface area contributed by atoms with E-state index in [4.69, 9.17) is 15.7 Å². The fourth-order valence-electron chi connectivity index (χ4n) is 3.00. The summed E-state index contributed by atoms with van der Waals surface area (Å²) in [5, 5.41) is 11.1. The molecule has 0 fully saturated rings. The maximum atomic E-state index is 12.2. The Morgan fingerprint density at radius 1 is 0.926 bits per heavy atom. The van der Waals surface area contributed by atoms with Crippen molar-refractivity contribution in [1.82, 2.24) is 25.7 Å². The van der Waals surface area contributed by atoms with Crippen LogP contribution in [0.3, 0.4) is 0 Å². The molecule has 0 atom stereocenters. The molecule has 9 nitrogen and oxygen atoms in total. The van der Waals surface area contributed by atoms with Crippen molar-refractivity contribution in [3.8, 4) is 11.3 Å². The number of fused-ring (bicyclic) bond motifs is 4. The number of nitrogen functional groups attached to an aromatic ring is 1. The standard InChI is InChI=1S/C18H11N7O2/c19-17-16(24-27-25-17)18(26)23-22-14-10-6-2-1-5-9(10)13-15(14)21-12-8-4-3-7-11(12)20-13/h1-8H,(H2,19,25)(H,23,26)/b22-14-. The van der Waals surface area contributed by atoms with Crippen LogP contribution in [-0.2, 0) is 0 Å².